The number of nitrogens with zero attached hydrogens (tertiary/aromatic N) is 3. The van der Waals surface area contributed by atoms with Crippen LogP contribution < -0.4 is 5.32 Å². The summed E-state index contributed by atoms with van der Waals surface area (Å²) >= 11 is 0. The van der Waals surface area contributed by atoms with Crippen LogP contribution in [0.5, 0.6) is 0 Å². The molecule has 6 nitrogen and oxygen atoms in total. The van der Waals surface area contributed by atoms with Crippen molar-refractivity contribution in [3.05, 3.63) is 11.7 Å². The van der Waals surface area contributed by atoms with Gasteiger partial charge in [0, 0.05) is 19.5 Å². The van der Waals surface area contributed by atoms with Gasteiger partial charge in [0.2, 0.25) is 11.8 Å². The summed E-state index contributed by atoms with van der Waals surface area (Å²) in [6.45, 7) is 6.36. The molecule has 1 N–H and O–H groups in total. The molecule has 2 rings (SSSR count). The third kappa shape index (κ3) is 2.87. The van der Waals surface area contributed by atoms with E-state index in [0.29, 0.717) is 12.4 Å². The first-order valence-electron chi connectivity index (χ1n) is 6.36. The molecule has 0 aliphatic carbocycles. The Balaban J connectivity index is 1.89. The number of carbonyl (C=O) groups excluding carboxylic acids is 1. The van der Waals surface area contributed by atoms with Crippen LogP contribution in [0.2, 0.25) is 0 Å². The Morgan fingerprint density at radius 2 is 2.39 bits per heavy atom. The minimum absolute atomic E-state index is 0.0856. The van der Waals surface area contributed by atoms with E-state index < -0.39 is 0 Å². The molecule has 0 aromatic carbocycles. The summed E-state index contributed by atoms with van der Waals surface area (Å²) in [6, 6.07) is 0. The number of carbonyl (C=O) groups is 1. The van der Waals surface area contributed by atoms with Gasteiger partial charge in [-0.15, -0.1) is 0 Å². The third-order valence-corrected chi connectivity index (χ3v) is 3.25. The number of hydrogen-bond acceptors (Lipinski definition) is 5. The summed E-state index contributed by atoms with van der Waals surface area (Å²) in [6.07, 6.45) is 0.894. The summed E-state index contributed by atoms with van der Waals surface area (Å²) < 4.78 is 5.21. The second-order valence-corrected chi connectivity index (χ2v) is 5.04. The van der Waals surface area contributed by atoms with E-state index in [2.05, 4.69) is 20.4 Å². The Morgan fingerprint density at radius 1 is 1.61 bits per heavy atom. The van der Waals surface area contributed by atoms with Gasteiger partial charge in [0.25, 0.3) is 0 Å². The monoisotopic (exact) mass is 252 g/mol. The highest BCUT2D eigenvalue weighted by Gasteiger charge is 2.28. The van der Waals surface area contributed by atoms with Gasteiger partial charge in [0.15, 0.2) is 5.82 Å². The molecule has 18 heavy (non-hydrogen) atoms. The molecule has 1 fully saturated rings. The smallest absolute Gasteiger partial charge is 0.240 e. The zero-order valence-corrected chi connectivity index (χ0v) is 11.1. The summed E-state index contributed by atoms with van der Waals surface area (Å²) in [4.78, 5) is 18.0. The van der Waals surface area contributed by atoms with Gasteiger partial charge in [-0.3, -0.25) is 9.69 Å². The Hall–Kier alpha value is -1.43. The maximum Gasteiger partial charge on any atom is 0.240 e. The van der Waals surface area contributed by atoms with Gasteiger partial charge in [-0.05, 0) is 13.0 Å². The van der Waals surface area contributed by atoms with E-state index in [0.717, 1.165) is 25.3 Å². The summed E-state index contributed by atoms with van der Waals surface area (Å²) in [7, 11) is 1.68. The number of hydrogen-bond donors (Lipinski definition) is 1. The number of likely N-dealkylation sites (tertiary alicyclic amines) is 1. The maximum absolute atomic E-state index is 11.5. The fourth-order valence-electron chi connectivity index (χ4n) is 2.15. The summed E-state index contributed by atoms with van der Waals surface area (Å²) in [5, 5.41) is 6.63. The molecule has 0 radical (unpaired) electrons. The van der Waals surface area contributed by atoms with Crippen molar-refractivity contribution in [2.45, 2.75) is 32.7 Å². The molecule has 1 aromatic heterocycles. The van der Waals surface area contributed by atoms with Crippen LogP contribution in [0.15, 0.2) is 4.52 Å². The van der Waals surface area contributed by atoms with Crippen molar-refractivity contribution in [2.75, 3.05) is 20.1 Å². The van der Waals surface area contributed by atoms with Gasteiger partial charge in [-0.1, -0.05) is 19.0 Å². The van der Waals surface area contributed by atoms with E-state index in [9.17, 15) is 4.79 Å². The van der Waals surface area contributed by atoms with Gasteiger partial charge < -0.3 is 9.84 Å². The van der Waals surface area contributed by atoms with Crippen molar-refractivity contribution < 1.29 is 9.32 Å². The SMILES string of the molecule is CNC(=O)C1CCN(Cc2nc(C(C)C)no2)C1. The standard InChI is InChI=1S/C12H20N4O2/c1-8(2)11-14-10(18-15-11)7-16-5-4-9(6-16)12(17)13-3/h8-9H,4-7H2,1-3H3,(H,13,17). The second kappa shape index (κ2) is 5.48. The molecule has 1 unspecified atom stereocenters. The van der Waals surface area contributed by atoms with Crippen molar-refractivity contribution in [1.82, 2.24) is 20.4 Å². The van der Waals surface area contributed by atoms with E-state index in [1.807, 2.05) is 13.8 Å². The molecular formula is C12H20N4O2. The van der Waals surface area contributed by atoms with Crippen LogP contribution in [0.1, 0.15) is 37.9 Å². The molecule has 100 valence electrons. The Bertz CT molecular complexity index is 416. The largest absolute Gasteiger partial charge is 0.359 e. The molecule has 6 heteroatoms. The molecule has 1 amide bonds. The van der Waals surface area contributed by atoms with Gasteiger partial charge >= 0.3 is 0 Å². The summed E-state index contributed by atoms with van der Waals surface area (Å²) in [5.41, 5.74) is 0. The lowest BCUT2D eigenvalue weighted by atomic mass is 10.1. The molecule has 1 aromatic rings. The first-order chi connectivity index (χ1) is 8.60. The highest BCUT2D eigenvalue weighted by atomic mass is 16.5. The predicted octanol–water partition coefficient (Wildman–Crippen LogP) is 0.761. The minimum atomic E-state index is 0.0856. The lowest BCUT2D eigenvalue weighted by Gasteiger charge is -2.12. The molecule has 0 saturated carbocycles. The fraction of sp³-hybridized carbons (Fsp3) is 0.750. The van der Waals surface area contributed by atoms with E-state index in [-0.39, 0.29) is 17.7 Å². The average Bonchev–Trinajstić information content (AvgIpc) is 2.98. The van der Waals surface area contributed by atoms with Crippen molar-refractivity contribution in [3.8, 4) is 0 Å². The van der Waals surface area contributed by atoms with Crippen LogP contribution in [0.3, 0.4) is 0 Å². The van der Waals surface area contributed by atoms with E-state index >= 15 is 0 Å². The maximum atomic E-state index is 11.5. The zero-order valence-electron chi connectivity index (χ0n) is 11.1. The van der Waals surface area contributed by atoms with Crippen molar-refractivity contribution >= 4 is 5.91 Å². The Morgan fingerprint density at radius 3 is 3.00 bits per heavy atom. The Labute approximate surface area is 107 Å². The minimum Gasteiger partial charge on any atom is -0.359 e. The molecule has 0 spiro atoms. The first-order valence-corrected chi connectivity index (χ1v) is 6.36. The van der Waals surface area contributed by atoms with E-state index in [4.69, 9.17) is 4.52 Å². The lowest BCUT2D eigenvalue weighted by molar-refractivity contribution is -0.124. The zero-order chi connectivity index (χ0) is 13.1. The Kier molecular flexibility index (Phi) is 3.96. The van der Waals surface area contributed by atoms with Crippen molar-refractivity contribution in [2.24, 2.45) is 5.92 Å². The van der Waals surface area contributed by atoms with E-state index in [1.54, 1.807) is 7.05 Å². The number of nitrogens with one attached hydrogen (secondary N) is 1. The predicted molar refractivity (Wildman–Crippen MR) is 65.8 cm³/mol. The summed E-state index contributed by atoms with van der Waals surface area (Å²) in [5.74, 6) is 1.86. The topological polar surface area (TPSA) is 71.3 Å². The van der Waals surface area contributed by atoms with Crippen LogP contribution in [-0.4, -0.2) is 41.1 Å². The molecule has 1 atom stereocenters. The van der Waals surface area contributed by atoms with Crippen LogP contribution in [0.4, 0.5) is 0 Å². The second-order valence-electron chi connectivity index (χ2n) is 5.04. The number of aromatic nitrogens is 2. The van der Waals surface area contributed by atoms with Crippen LogP contribution in [0.25, 0.3) is 0 Å². The third-order valence-electron chi connectivity index (χ3n) is 3.25. The van der Waals surface area contributed by atoms with Gasteiger partial charge in [-0.25, -0.2) is 0 Å². The fourth-order valence-corrected chi connectivity index (χ4v) is 2.15. The highest BCUT2D eigenvalue weighted by Crippen LogP contribution is 2.19. The van der Waals surface area contributed by atoms with Crippen LogP contribution in [0, 0.1) is 5.92 Å². The van der Waals surface area contributed by atoms with E-state index in [1.165, 1.54) is 0 Å². The van der Waals surface area contributed by atoms with Crippen molar-refractivity contribution in [1.29, 1.82) is 0 Å². The first kappa shape index (κ1) is 13.0. The average molecular weight is 252 g/mol. The van der Waals surface area contributed by atoms with Gasteiger partial charge in [0.1, 0.15) is 0 Å². The lowest BCUT2D eigenvalue weighted by Crippen LogP contribution is -2.30. The number of rotatable bonds is 4. The molecular weight excluding hydrogens is 232 g/mol. The van der Waals surface area contributed by atoms with Gasteiger partial charge in [0.05, 0.1) is 12.5 Å². The van der Waals surface area contributed by atoms with Crippen molar-refractivity contribution in [3.63, 3.8) is 0 Å². The molecule has 2 heterocycles. The quantitative estimate of drug-likeness (QED) is 0.856. The number of amides is 1. The normalized spacial score (nSPS) is 20.6. The molecule has 1 aliphatic heterocycles. The highest BCUT2D eigenvalue weighted by molar-refractivity contribution is 5.78. The molecule has 0 bridgehead atoms. The molecule has 1 saturated heterocycles. The van der Waals surface area contributed by atoms with Gasteiger partial charge in [-0.2, -0.15) is 4.98 Å². The van der Waals surface area contributed by atoms with Crippen LogP contribution in [-0.2, 0) is 11.3 Å². The van der Waals surface area contributed by atoms with Crippen LogP contribution >= 0.6 is 0 Å². The molecule has 1 aliphatic rings.